The van der Waals surface area contributed by atoms with Crippen molar-refractivity contribution in [3.05, 3.63) is 35.9 Å². The Hall–Kier alpha value is -2.15. The first-order valence-corrected chi connectivity index (χ1v) is 8.28. The number of nitrogens with zero attached hydrogens (tertiary/aromatic N) is 5. The van der Waals surface area contributed by atoms with E-state index in [4.69, 9.17) is 0 Å². The zero-order valence-corrected chi connectivity index (χ0v) is 13.6. The lowest BCUT2D eigenvalue weighted by Gasteiger charge is -2.21. The number of carbonyl (C=O) groups is 1. The van der Waals surface area contributed by atoms with Crippen LogP contribution in [0, 0.1) is 0 Å². The fourth-order valence-corrected chi connectivity index (χ4v) is 2.98. The van der Waals surface area contributed by atoms with Crippen LogP contribution in [-0.4, -0.2) is 61.9 Å². The second-order valence-corrected chi connectivity index (χ2v) is 6.02. The molecule has 0 atom stereocenters. The van der Waals surface area contributed by atoms with Crippen molar-refractivity contribution in [3.63, 3.8) is 0 Å². The van der Waals surface area contributed by atoms with Crippen LogP contribution in [0.1, 0.15) is 35.7 Å². The molecule has 7 nitrogen and oxygen atoms in total. The fraction of sp³-hybridized carbons (Fsp3) is 0.562. The summed E-state index contributed by atoms with van der Waals surface area (Å²) < 4.78 is 2.00. The van der Waals surface area contributed by atoms with Gasteiger partial charge in [0.2, 0.25) is 0 Å². The Morgan fingerprint density at radius 3 is 2.96 bits per heavy atom. The van der Waals surface area contributed by atoms with Gasteiger partial charge in [0, 0.05) is 57.2 Å². The first kappa shape index (κ1) is 15.7. The Labute approximate surface area is 136 Å². The summed E-state index contributed by atoms with van der Waals surface area (Å²) in [5.74, 6) is 0.0661. The molecule has 0 aliphatic carbocycles. The lowest BCUT2D eigenvalue weighted by Crippen LogP contribution is -2.34. The molecule has 23 heavy (non-hydrogen) atoms. The van der Waals surface area contributed by atoms with E-state index in [9.17, 15) is 4.79 Å². The third-order valence-corrected chi connectivity index (χ3v) is 4.17. The van der Waals surface area contributed by atoms with Crippen LogP contribution in [0.15, 0.2) is 24.8 Å². The fourth-order valence-electron chi connectivity index (χ4n) is 2.98. The topological polar surface area (TPSA) is 70.1 Å². The minimum atomic E-state index is 0.0661. The number of carbonyl (C=O) groups excluding carboxylic acids is 1. The second kappa shape index (κ2) is 7.41. The molecule has 1 N–H and O–H groups in total. The van der Waals surface area contributed by atoms with Crippen LogP contribution in [-0.2, 0) is 13.1 Å². The third kappa shape index (κ3) is 3.98. The smallest absolute Gasteiger partial charge is 0.257 e. The summed E-state index contributed by atoms with van der Waals surface area (Å²) in [5.41, 5.74) is 1.88. The minimum Gasteiger partial charge on any atom is -0.337 e. The van der Waals surface area contributed by atoms with Gasteiger partial charge < -0.3 is 4.90 Å². The van der Waals surface area contributed by atoms with Gasteiger partial charge in [0.25, 0.3) is 5.91 Å². The summed E-state index contributed by atoms with van der Waals surface area (Å²) in [6.07, 6.45) is 9.42. The average Bonchev–Trinajstić information content (AvgIpc) is 3.17. The Balaban J connectivity index is 1.54. The standard InChI is InChI=1S/C16H24N6O/c1-2-4-22-13-14(9-19-22)12-20-5-3-6-21(8-7-20)16(23)15-10-17-18-11-15/h9-11,13H,2-8,12H2,1H3,(H,17,18). The lowest BCUT2D eigenvalue weighted by atomic mass is 10.3. The van der Waals surface area contributed by atoms with Crippen LogP contribution < -0.4 is 0 Å². The van der Waals surface area contributed by atoms with Crippen molar-refractivity contribution in [1.29, 1.82) is 0 Å². The van der Waals surface area contributed by atoms with Crippen molar-refractivity contribution in [2.75, 3.05) is 26.2 Å². The summed E-state index contributed by atoms with van der Waals surface area (Å²) in [4.78, 5) is 16.7. The van der Waals surface area contributed by atoms with Crippen molar-refractivity contribution >= 4 is 5.91 Å². The molecule has 124 valence electrons. The molecule has 0 radical (unpaired) electrons. The molecule has 0 aromatic carbocycles. The predicted octanol–water partition coefficient (Wildman–Crippen LogP) is 1.36. The minimum absolute atomic E-state index is 0.0661. The average molecular weight is 316 g/mol. The first-order valence-electron chi connectivity index (χ1n) is 8.28. The van der Waals surface area contributed by atoms with Crippen LogP contribution in [0.4, 0.5) is 0 Å². The van der Waals surface area contributed by atoms with Gasteiger partial charge in [0.1, 0.15) is 0 Å². The molecule has 3 heterocycles. The number of rotatable bonds is 5. The largest absolute Gasteiger partial charge is 0.337 e. The van der Waals surface area contributed by atoms with E-state index in [0.29, 0.717) is 5.56 Å². The van der Waals surface area contributed by atoms with Crippen molar-refractivity contribution in [2.45, 2.75) is 32.9 Å². The van der Waals surface area contributed by atoms with E-state index in [1.807, 2.05) is 15.8 Å². The maximum absolute atomic E-state index is 12.4. The van der Waals surface area contributed by atoms with E-state index in [1.165, 1.54) is 5.56 Å². The van der Waals surface area contributed by atoms with Gasteiger partial charge in [-0.25, -0.2) is 0 Å². The molecular weight excluding hydrogens is 292 g/mol. The number of amides is 1. The summed E-state index contributed by atoms with van der Waals surface area (Å²) in [6.45, 7) is 7.48. The molecule has 2 aromatic rings. The van der Waals surface area contributed by atoms with Gasteiger partial charge in [0.15, 0.2) is 0 Å². The van der Waals surface area contributed by atoms with E-state index >= 15 is 0 Å². The summed E-state index contributed by atoms with van der Waals surface area (Å²) >= 11 is 0. The summed E-state index contributed by atoms with van der Waals surface area (Å²) in [6, 6.07) is 0. The second-order valence-electron chi connectivity index (χ2n) is 6.02. The van der Waals surface area contributed by atoms with E-state index in [0.717, 1.165) is 52.1 Å². The van der Waals surface area contributed by atoms with Gasteiger partial charge in [0.05, 0.1) is 18.0 Å². The van der Waals surface area contributed by atoms with Gasteiger partial charge in [-0.05, 0) is 12.8 Å². The number of aromatic amines is 1. The highest BCUT2D eigenvalue weighted by Crippen LogP contribution is 2.11. The highest BCUT2D eigenvalue weighted by Gasteiger charge is 2.21. The lowest BCUT2D eigenvalue weighted by molar-refractivity contribution is 0.0761. The number of hydrogen-bond acceptors (Lipinski definition) is 4. The normalized spacial score (nSPS) is 16.5. The molecule has 1 amide bonds. The van der Waals surface area contributed by atoms with Gasteiger partial charge in [-0.1, -0.05) is 6.92 Å². The van der Waals surface area contributed by atoms with Crippen molar-refractivity contribution < 1.29 is 4.79 Å². The number of H-pyrrole nitrogens is 1. The van der Waals surface area contributed by atoms with Crippen LogP contribution in [0.2, 0.25) is 0 Å². The Bertz CT molecular complexity index is 620. The molecule has 0 bridgehead atoms. The number of hydrogen-bond donors (Lipinski definition) is 1. The highest BCUT2D eigenvalue weighted by molar-refractivity contribution is 5.93. The molecule has 3 rings (SSSR count). The zero-order chi connectivity index (χ0) is 16.1. The maximum atomic E-state index is 12.4. The maximum Gasteiger partial charge on any atom is 0.257 e. The molecule has 7 heteroatoms. The molecule has 1 aliphatic rings. The van der Waals surface area contributed by atoms with Crippen molar-refractivity contribution in [1.82, 2.24) is 29.8 Å². The molecule has 0 spiro atoms. The van der Waals surface area contributed by atoms with Crippen LogP contribution in [0.3, 0.4) is 0 Å². The van der Waals surface area contributed by atoms with Crippen LogP contribution >= 0.6 is 0 Å². The van der Waals surface area contributed by atoms with E-state index in [2.05, 4.69) is 33.3 Å². The van der Waals surface area contributed by atoms with E-state index in [-0.39, 0.29) is 5.91 Å². The van der Waals surface area contributed by atoms with Crippen LogP contribution in [0.5, 0.6) is 0 Å². The molecule has 1 aliphatic heterocycles. The third-order valence-electron chi connectivity index (χ3n) is 4.17. The Morgan fingerprint density at radius 1 is 1.26 bits per heavy atom. The Morgan fingerprint density at radius 2 is 2.17 bits per heavy atom. The molecule has 0 unspecified atom stereocenters. The molecule has 0 saturated carbocycles. The summed E-state index contributed by atoms with van der Waals surface area (Å²) in [7, 11) is 0. The van der Waals surface area contributed by atoms with Gasteiger partial charge in [-0.2, -0.15) is 10.2 Å². The zero-order valence-electron chi connectivity index (χ0n) is 13.6. The SMILES string of the molecule is CCCn1cc(CN2CCCN(C(=O)c3cn[nH]c3)CC2)cn1. The number of aryl methyl sites for hydroxylation is 1. The molecule has 2 aromatic heterocycles. The van der Waals surface area contributed by atoms with Crippen molar-refractivity contribution in [2.24, 2.45) is 0 Å². The van der Waals surface area contributed by atoms with Gasteiger partial charge in [-0.3, -0.25) is 19.5 Å². The number of aromatic nitrogens is 4. The quantitative estimate of drug-likeness (QED) is 0.904. The van der Waals surface area contributed by atoms with E-state index < -0.39 is 0 Å². The van der Waals surface area contributed by atoms with Crippen molar-refractivity contribution in [3.8, 4) is 0 Å². The molecule has 1 saturated heterocycles. The van der Waals surface area contributed by atoms with Gasteiger partial charge in [-0.15, -0.1) is 0 Å². The predicted molar refractivity (Wildman–Crippen MR) is 86.9 cm³/mol. The van der Waals surface area contributed by atoms with E-state index in [1.54, 1.807) is 12.4 Å². The molecular formula is C16H24N6O. The number of nitrogens with one attached hydrogen (secondary N) is 1. The van der Waals surface area contributed by atoms with Crippen LogP contribution in [0.25, 0.3) is 0 Å². The molecule has 1 fully saturated rings. The summed E-state index contributed by atoms with van der Waals surface area (Å²) in [5, 5.41) is 10.9. The monoisotopic (exact) mass is 316 g/mol. The van der Waals surface area contributed by atoms with Gasteiger partial charge >= 0.3 is 0 Å². The highest BCUT2D eigenvalue weighted by atomic mass is 16.2. The Kier molecular flexibility index (Phi) is 5.07. The first-order chi connectivity index (χ1) is 11.3.